The number of nitrogens with zero attached hydrogens (tertiary/aromatic N) is 1. The second kappa shape index (κ2) is 11.5. The van der Waals surface area contributed by atoms with Gasteiger partial charge >= 0.3 is 0 Å². The van der Waals surface area contributed by atoms with Crippen LogP contribution in [0.5, 0.6) is 5.75 Å². The molecule has 0 saturated heterocycles. The second-order valence-corrected chi connectivity index (χ2v) is 9.98. The molecule has 0 amide bonds. The zero-order valence-corrected chi connectivity index (χ0v) is 21.1. The highest BCUT2D eigenvalue weighted by Crippen LogP contribution is 2.51. The molecule has 3 atom stereocenters. The van der Waals surface area contributed by atoms with E-state index < -0.39 is 10.8 Å². The first-order valence-corrected chi connectivity index (χ1v) is 12.1. The van der Waals surface area contributed by atoms with Crippen LogP contribution in [-0.4, -0.2) is 47.4 Å². The van der Waals surface area contributed by atoms with Crippen LogP contribution in [0.3, 0.4) is 0 Å². The van der Waals surface area contributed by atoms with Crippen LogP contribution in [0.25, 0.3) is 0 Å². The molecular weight excluding hydrogens is 497 g/mol. The molecule has 164 valence electrons. The summed E-state index contributed by atoms with van der Waals surface area (Å²) in [4.78, 5) is 4.95. The number of halogens is 1. The van der Waals surface area contributed by atoms with Gasteiger partial charge in [-0.1, -0.05) is 31.5 Å². The van der Waals surface area contributed by atoms with Crippen molar-refractivity contribution >= 4 is 40.7 Å². The maximum absolute atomic E-state index is 12.2. The molecule has 1 aromatic rings. The Bertz CT molecular complexity index is 709. The Labute approximate surface area is 195 Å². The summed E-state index contributed by atoms with van der Waals surface area (Å²) in [6, 6.07) is 8.67. The van der Waals surface area contributed by atoms with Gasteiger partial charge in [-0.2, -0.15) is 0 Å². The highest BCUT2D eigenvalue weighted by Gasteiger charge is 2.46. The van der Waals surface area contributed by atoms with E-state index in [2.05, 4.69) is 29.7 Å². The van der Waals surface area contributed by atoms with Crippen molar-refractivity contribution in [3.05, 3.63) is 29.8 Å². The Balaban J connectivity index is 0.00000300. The average molecular weight is 534 g/mol. The molecular formula is C22H36IN3O2S. The van der Waals surface area contributed by atoms with E-state index in [-0.39, 0.29) is 29.4 Å². The molecule has 7 heteroatoms. The second-order valence-electron chi connectivity index (χ2n) is 7.98. The number of hydrogen-bond acceptors (Lipinski definition) is 3. The molecule has 29 heavy (non-hydrogen) atoms. The van der Waals surface area contributed by atoms with Crippen molar-refractivity contribution in [2.45, 2.75) is 69.1 Å². The van der Waals surface area contributed by atoms with Gasteiger partial charge in [-0.3, -0.25) is 9.20 Å². The first-order chi connectivity index (χ1) is 13.6. The molecule has 5 nitrogen and oxygen atoms in total. The van der Waals surface area contributed by atoms with E-state index in [1.807, 2.05) is 19.1 Å². The Kier molecular flexibility index (Phi) is 9.72. The Morgan fingerprint density at radius 2 is 2.03 bits per heavy atom. The lowest BCUT2D eigenvalue weighted by atomic mass is 9.94. The van der Waals surface area contributed by atoms with Crippen molar-refractivity contribution in [3.8, 4) is 5.75 Å². The van der Waals surface area contributed by atoms with Crippen LogP contribution in [-0.2, 0) is 16.2 Å². The van der Waals surface area contributed by atoms with Crippen molar-refractivity contribution in [1.29, 1.82) is 0 Å². The molecule has 2 aliphatic rings. The standard InChI is InChI=1S/C22H35N3O2S.HI/c1-4-23-21(25-17-9-8-10-18(15-17)28(26)5-2)24-16-22(13-14-22)19-11-6-7-12-20(19)27-3;/h6-7,11-12,17-18H,4-5,8-10,13-16H2,1-3H3,(H2,23,24,25);1H. The zero-order chi connectivity index (χ0) is 20.0. The van der Waals surface area contributed by atoms with Gasteiger partial charge in [0.05, 0.1) is 13.7 Å². The summed E-state index contributed by atoms with van der Waals surface area (Å²) >= 11 is 0. The van der Waals surface area contributed by atoms with Crippen LogP contribution in [0.2, 0.25) is 0 Å². The smallest absolute Gasteiger partial charge is 0.191 e. The summed E-state index contributed by atoms with van der Waals surface area (Å²) < 4.78 is 17.8. The van der Waals surface area contributed by atoms with Crippen LogP contribution in [0, 0.1) is 0 Å². The third kappa shape index (κ3) is 6.32. The van der Waals surface area contributed by atoms with Crippen LogP contribution < -0.4 is 15.4 Å². The fraction of sp³-hybridized carbons (Fsp3) is 0.682. The fourth-order valence-corrected chi connectivity index (χ4v) is 5.59. The van der Waals surface area contributed by atoms with Crippen LogP contribution in [0.15, 0.2) is 29.3 Å². The highest BCUT2D eigenvalue weighted by molar-refractivity contribution is 14.0. The zero-order valence-electron chi connectivity index (χ0n) is 17.9. The third-order valence-electron chi connectivity index (χ3n) is 6.04. The van der Waals surface area contributed by atoms with Crippen LogP contribution in [0.1, 0.15) is 57.9 Å². The summed E-state index contributed by atoms with van der Waals surface area (Å²) in [5.74, 6) is 2.61. The molecule has 3 unspecified atom stereocenters. The molecule has 2 N–H and O–H groups in total. The van der Waals surface area contributed by atoms with Crippen molar-refractivity contribution in [2.75, 3.05) is 26.0 Å². The Morgan fingerprint density at radius 1 is 1.28 bits per heavy atom. The van der Waals surface area contributed by atoms with Crippen molar-refractivity contribution in [3.63, 3.8) is 0 Å². The molecule has 0 heterocycles. The number of aliphatic imine (C=N–C) groups is 1. The van der Waals surface area contributed by atoms with E-state index in [4.69, 9.17) is 9.73 Å². The van der Waals surface area contributed by atoms with Crippen molar-refractivity contribution < 1.29 is 8.95 Å². The molecule has 0 aliphatic heterocycles. The quantitative estimate of drug-likeness (QED) is 0.302. The molecule has 2 fully saturated rings. The number of benzene rings is 1. The fourth-order valence-electron chi connectivity index (χ4n) is 4.24. The number of rotatable bonds is 8. The first-order valence-electron chi connectivity index (χ1n) is 10.7. The van der Waals surface area contributed by atoms with Gasteiger partial charge in [0, 0.05) is 45.4 Å². The van der Waals surface area contributed by atoms with Gasteiger partial charge in [0.1, 0.15) is 5.75 Å². The van der Waals surface area contributed by atoms with Gasteiger partial charge in [-0.15, -0.1) is 24.0 Å². The maximum atomic E-state index is 12.2. The minimum atomic E-state index is -0.703. The summed E-state index contributed by atoms with van der Waals surface area (Å²) in [6.45, 7) is 5.72. The van der Waals surface area contributed by atoms with Gasteiger partial charge in [0.15, 0.2) is 5.96 Å². The number of ether oxygens (including phenoxy) is 1. The van der Waals surface area contributed by atoms with Crippen molar-refractivity contribution in [1.82, 2.24) is 10.6 Å². The largest absolute Gasteiger partial charge is 0.496 e. The molecule has 2 aliphatic carbocycles. The normalized spacial score (nSPS) is 24.2. The summed E-state index contributed by atoms with van der Waals surface area (Å²) in [5.41, 5.74) is 1.38. The van der Waals surface area contributed by atoms with Gasteiger partial charge in [-0.25, -0.2) is 0 Å². The number of hydrogen-bond donors (Lipinski definition) is 2. The SMILES string of the molecule is CCNC(=NCC1(c2ccccc2OC)CC1)NC1CCCC(S(=O)CC)C1.I. The van der Waals surface area contributed by atoms with Crippen LogP contribution in [0.4, 0.5) is 0 Å². The number of guanidine groups is 1. The van der Waals surface area contributed by atoms with E-state index in [1.165, 1.54) is 5.56 Å². The minimum absolute atomic E-state index is 0. The number of para-hydroxylation sites is 1. The summed E-state index contributed by atoms with van der Waals surface area (Å²) in [7, 11) is 1.04. The van der Waals surface area contributed by atoms with Gasteiger partial charge in [0.25, 0.3) is 0 Å². The van der Waals surface area contributed by atoms with Crippen LogP contribution >= 0.6 is 24.0 Å². The Morgan fingerprint density at radius 3 is 2.69 bits per heavy atom. The van der Waals surface area contributed by atoms with E-state index in [0.717, 1.165) is 69.1 Å². The molecule has 2 saturated carbocycles. The molecule has 0 bridgehead atoms. The van der Waals surface area contributed by atoms with E-state index in [1.54, 1.807) is 7.11 Å². The van der Waals surface area contributed by atoms with E-state index in [9.17, 15) is 4.21 Å². The molecule has 1 aromatic carbocycles. The predicted molar refractivity (Wildman–Crippen MR) is 133 cm³/mol. The molecule has 3 rings (SSSR count). The lowest BCUT2D eigenvalue weighted by Crippen LogP contribution is -2.47. The monoisotopic (exact) mass is 533 g/mol. The topological polar surface area (TPSA) is 62.7 Å². The van der Waals surface area contributed by atoms with Crippen molar-refractivity contribution in [2.24, 2.45) is 4.99 Å². The Hall–Kier alpha value is -0.830. The average Bonchev–Trinajstić information content (AvgIpc) is 3.53. The van der Waals surface area contributed by atoms with Gasteiger partial charge in [0.2, 0.25) is 0 Å². The third-order valence-corrected chi connectivity index (χ3v) is 7.78. The lowest BCUT2D eigenvalue weighted by Gasteiger charge is -2.30. The summed E-state index contributed by atoms with van der Waals surface area (Å²) in [6.07, 6.45) is 6.62. The molecule has 0 radical (unpaired) electrons. The maximum Gasteiger partial charge on any atom is 0.191 e. The predicted octanol–water partition coefficient (Wildman–Crippen LogP) is 3.98. The minimum Gasteiger partial charge on any atom is -0.496 e. The number of nitrogens with one attached hydrogen (secondary N) is 2. The van der Waals surface area contributed by atoms with Gasteiger partial charge < -0.3 is 15.4 Å². The first kappa shape index (κ1) is 24.4. The molecule has 0 spiro atoms. The highest BCUT2D eigenvalue weighted by atomic mass is 127. The van der Waals surface area contributed by atoms with Gasteiger partial charge in [-0.05, 0) is 45.1 Å². The van der Waals surface area contributed by atoms with E-state index >= 15 is 0 Å². The summed E-state index contributed by atoms with van der Waals surface area (Å²) in [5, 5.41) is 7.34. The lowest BCUT2D eigenvalue weighted by molar-refractivity contribution is 0.403. The number of methoxy groups -OCH3 is 1. The van der Waals surface area contributed by atoms with E-state index in [0.29, 0.717) is 11.3 Å². The molecule has 0 aromatic heterocycles.